The Kier molecular flexibility index (Phi) is 3.94. The molecule has 0 bridgehead atoms. The predicted molar refractivity (Wildman–Crippen MR) is 81.4 cm³/mol. The molecule has 0 radical (unpaired) electrons. The second-order valence-electron chi connectivity index (χ2n) is 4.74. The molecule has 4 nitrogen and oxygen atoms in total. The normalized spacial score (nSPS) is 10.2. The van der Waals surface area contributed by atoms with Crippen LogP contribution in [-0.4, -0.2) is 13.1 Å². The highest BCUT2D eigenvalue weighted by molar-refractivity contribution is 5.96. The molecule has 0 spiro atoms. The Hall–Kier alpha value is -2.49. The number of nitrogens with two attached hydrogens (primary N) is 1. The smallest absolute Gasteiger partial charge is 0.340 e. The van der Waals surface area contributed by atoms with Gasteiger partial charge in [0, 0.05) is 17.1 Å². The highest BCUT2D eigenvalue weighted by Gasteiger charge is 2.11. The van der Waals surface area contributed by atoms with Crippen LogP contribution in [0.3, 0.4) is 0 Å². The molecule has 3 N–H and O–H groups in total. The van der Waals surface area contributed by atoms with Gasteiger partial charge in [-0.3, -0.25) is 0 Å². The molecular weight excluding hydrogens is 252 g/mol. The Morgan fingerprint density at radius 2 is 1.90 bits per heavy atom. The zero-order valence-corrected chi connectivity index (χ0v) is 11.9. The lowest BCUT2D eigenvalue weighted by Crippen LogP contribution is -2.06. The van der Waals surface area contributed by atoms with E-state index in [0.717, 1.165) is 16.9 Å². The fraction of sp³-hybridized carbons (Fsp3) is 0.188. The van der Waals surface area contributed by atoms with Gasteiger partial charge in [0.25, 0.3) is 0 Å². The number of hydrogen-bond acceptors (Lipinski definition) is 4. The molecule has 0 heterocycles. The monoisotopic (exact) mass is 270 g/mol. The van der Waals surface area contributed by atoms with Gasteiger partial charge in [0.2, 0.25) is 0 Å². The zero-order chi connectivity index (χ0) is 14.7. The fourth-order valence-electron chi connectivity index (χ4n) is 2.03. The van der Waals surface area contributed by atoms with E-state index in [-0.39, 0.29) is 0 Å². The van der Waals surface area contributed by atoms with Gasteiger partial charge < -0.3 is 15.8 Å². The van der Waals surface area contributed by atoms with Gasteiger partial charge in [0.15, 0.2) is 0 Å². The molecule has 0 amide bonds. The molecule has 2 aromatic carbocycles. The number of carbonyl (C=O) groups is 1. The predicted octanol–water partition coefficient (Wildman–Crippen LogP) is 3.42. The summed E-state index contributed by atoms with van der Waals surface area (Å²) in [5.41, 5.74) is 10.7. The van der Waals surface area contributed by atoms with E-state index in [1.54, 1.807) is 12.1 Å². The van der Waals surface area contributed by atoms with Crippen molar-refractivity contribution in [2.75, 3.05) is 18.2 Å². The van der Waals surface area contributed by atoms with E-state index in [2.05, 4.69) is 18.3 Å². The summed E-state index contributed by atoms with van der Waals surface area (Å²) in [4.78, 5) is 11.6. The van der Waals surface area contributed by atoms with Gasteiger partial charge in [-0.2, -0.15) is 0 Å². The number of aryl methyl sites for hydroxylation is 2. The number of methoxy groups -OCH3 is 1. The van der Waals surface area contributed by atoms with Gasteiger partial charge >= 0.3 is 5.97 Å². The molecule has 0 unspecified atom stereocenters. The summed E-state index contributed by atoms with van der Waals surface area (Å²) in [6, 6.07) is 11.4. The molecule has 2 rings (SSSR count). The maximum atomic E-state index is 11.6. The minimum absolute atomic E-state index is 0.363. The summed E-state index contributed by atoms with van der Waals surface area (Å²) in [5, 5.41) is 3.28. The highest BCUT2D eigenvalue weighted by atomic mass is 16.5. The molecule has 0 aliphatic heterocycles. The molecule has 0 aliphatic rings. The van der Waals surface area contributed by atoms with E-state index in [1.165, 1.54) is 12.7 Å². The minimum Gasteiger partial charge on any atom is -0.465 e. The third kappa shape index (κ3) is 2.91. The quantitative estimate of drug-likeness (QED) is 0.662. The third-order valence-electron chi connectivity index (χ3n) is 3.12. The molecular formula is C16H18N2O2. The van der Waals surface area contributed by atoms with Gasteiger partial charge in [0.1, 0.15) is 0 Å². The lowest BCUT2D eigenvalue weighted by molar-refractivity contribution is 0.0602. The number of ether oxygens (including phenoxy) is 1. The second-order valence-corrected chi connectivity index (χ2v) is 4.74. The van der Waals surface area contributed by atoms with Gasteiger partial charge in [-0.25, -0.2) is 4.79 Å². The fourth-order valence-corrected chi connectivity index (χ4v) is 2.03. The van der Waals surface area contributed by atoms with Crippen LogP contribution in [0.5, 0.6) is 0 Å². The number of benzene rings is 2. The molecule has 2 aromatic rings. The molecule has 0 aromatic heterocycles. The van der Waals surface area contributed by atoms with E-state index < -0.39 is 5.97 Å². The average Bonchev–Trinajstić information content (AvgIpc) is 2.43. The molecule has 0 atom stereocenters. The molecule has 104 valence electrons. The first kappa shape index (κ1) is 13.9. The van der Waals surface area contributed by atoms with E-state index >= 15 is 0 Å². The number of nitrogens with one attached hydrogen (secondary N) is 1. The van der Waals surface area contributed by atoms with Gasteiger partial charge in [-0.05, 0) is 43.7 Å². The standard InChI is InChI=1S/C16H18N2O2/c1-10-4-7-15(11(2)8-10)18-12-5-6-14(17)13(9-12)16(19)20-3/h4-9,18H,17H2,1-3H3. The van der Waals surface area contributed by atoms with Crippen molar-refractivity contribution in [1.29, 1.82) is 0 Å². The molecule has 0 saturated heterocycles. The Morgan fingerprint density at radius 1 is 1.15 bits per heavy atom. The van der Waals surface area contributed by atoms with Crippen LogP contribution >= 0.6 is 0 Å². The Morgan fingerprint density at radius 3 is 2.55 bits per heavy atom. The number of esters is 1. The maximum Gasteiger partial charge on any atom is 0.340 e. The van der Waals surface area contributed by atoms with Crippen molar-refractivity contribution in [3.63, 3.8) is 0 Å². The summed E-state index contributed by atoms with van der Waals surface area (Å²) in [7, 11) is 1.34. The van der Waals surface area contributed by atoms with Crippen LogP contribution in [0.4, 0.5) is 17.1 Å². The molecule has 20 heavy (non-hydrogen) atoms. The first-order valence-electron chi connectivity index (χ1n) is 6.33. The topological polar surface area (TPSA) is 64.3 Å². The zero-order valence-electron chi connectivity index (χ0n) is 11.9. The van der Waals surface area contributed by atoms with Crippen molar-refractivity contribution in [3.05, 3.63) is 53.1 Å². The van der Waals surface area contributed by atoms with Crippen LogP contribution in [-0.2, 0) is 4.74 Å². The van der Waals surface area contributed by atoms with Crippen molar-refractivity contribution in [1.82, 2.24) is 0 Å². The molecule has 0 aliphatic carbocycles. The minimum atomic E-state index is -0.438. The van der Waals surface area contributed by atoms with E-state index in [0.29, 0.717) is 11.3 Å². The van der Waals surface area contributed by atoms with Crippen molar-refractivity contribution >= 4 is 23.0 Å². The first-order valence-corrected chi connectivity index (χ1v) is 6.33. The third-order valence-corrected chi connectivity index (χ3v) is 3.12. The lowest BCUT2D eigenvalue weighted by Gasteiger charge is -2.12. The Labute approximate surface area is 118 Å². The van der Waals surface area contributed by atoms with Gasteiger partial charge in [-0.15, -0.1) is 0 Å². The van der Waals surface area contributed by atoms with Crippen LogP contribution in [0.2, 0.25) is 0 Å². The van der Waals surface area contributed by atoms with Crippen molar-refractivity contribution in [2.45, 2.75) is 13.8 Å². The Balaban J connectivity index is 2.32. The highest BCUT2D eigenvalue weighted by Crippen LogP contribution is 2.24. The molecule has 4 heteroatoms. The number of anilines is 3. The van der Waals surface area contributed by atoms with E-state index in [9.17, 15) is 4.79 Å². The first-order chi connectivity index (χ1) is 9.51. The lowest BCUT2D eigenvalue weighted by atomic mass is 10.1. The summed E-state index contributed by atoms with van der Waals surface area (Å²) in [6.07, 6.45) is 0. The Bertz CT molecular complexity index is 651. The summed E-state index contributed by atoms with van der Waals surface area (Å²) < 4.78 is 4.72. The van der Waals surface area contributed by atoms with Crippen molar-refractivity contribution in [3.8, 4) is 0 Å². The summed E-state index contributed by atoms with van der Waals surface area (Å²) >= 11 is 0. The summed E-state index contributed by atoms with van der Waals surface area (Å²) in [6.45, 7) is 4.09. The maximum absolute atomic E-state index is 11.6. The van der Waals surface area contributed by atoms with Crippen LogP contribution in [0.25, 0.3) is 0 Å². The van der Waals surface area contributed by atoms with Gasteiger partial charge in [-0.1, -0.05) is 17.7 Å². The molecule has 0 fully saturated rings. The van der Waals surface area contributed by atoms with Crippen LogP contribution < -0.4 is 11.1 Å². The van der Waals surface area contributed by atoms with Crippen LogP contribution in [0, 0.1) is 13.8 Å². The van der Waals surface area contributed by atoms with Crippen molar-refractivity contribution in [2.24, 2.45) is 0 Å². The summed E-state index contributed by atoms with van der Waals surface area (Å²) in [5.74, 6) is -0.438. The van der Waals surface area contributed by atoms with Crippen molar-refractivity contribution < 1.29 is 9.53 Å². The molecule has 0 saturated carbocycles. The number of nitrogen functional groups attached to an aromatic ring is 1. The van der Waals surface area contributed by atoms with Crippen LogP contribution in [0.15, 0.2) is 36.4 Å². The number of hydrogen-bond donors (Lipinski definition) is 2. The SMILES string of the molecule is COC(=O)c1cc(Nc2ccc(C)cc2C)ccc1N. The van der Waals surface area contributed by atoms with E-state index in [4.69, 9.17) is 10.5 Å². The largest absolute Gasteiger partial charge is 0.465 e. The number of carbonyl (C=O) groups excluding carboxylic acids is 1. The van der Waals surface area contributed by atoms with Crippen LogP contribution in [0.1, 0.15) is 21.5 Å². The second kappa shape index (κ2) is 5.65. The number of rotatable bonds is 3. The van der Waals surface area contributed by atoms with Gasteiger partial charge in [0.05, 0.1) is 12.7 Å². The van der Waals surface area contributed by atoms with E-state index in [1.807, 2.05) is 25.1 Å². The average molecular weight is 270 g/mol.